The van der Waals surface area contributed by atoms with Crippen LogP contribution in [0.25, 0.3) is 0 Å². The Morgan fingerprint density at radius 1 is 1.23 bits per heavy atom. The van der Waals surface area contributed by atoms with E-state index in [1.54, 1.807) is 35.4 Å². The van der Waals surface area contributed by atoms with E-state index in [9.17, 15) is 9.90 Å². The van der Waals surface area contributed by atoms with Gasteiger partial charge in [-0.25, -0.2) is 0 Å². The number of phenolic OH excluding ortho intramolecular Hbond substituents is 1. The largest absolute Gasteiger partial charge is 0.508 e. The molecular formula is C18H21NO2S. The number of carbonyl (C=O) groups excluding carboxylic acids is 1. The maximum absolute atomic E-state index is 12.6. The van der Waals surface area contributed by atoms with Crippen LogP contribution >= 0.6 is 11.3 Å². The van der Waals surface area contributed by atoms with Crippen LogP contribution in [0.5, 0.6) is 5.75 Å². The molecule has 3 nitrogen and oxygen atoms in total. The highest BCUT2D eigenvalue weighted by Crippen LogP contribution is 2.30. The first-order valence-corrected chi connectivity index (χ1v) is 8.60. The van der Waals surface area contributed by atoms with Crippen LogP contribution in [0.15, 0.2) is 30.3 Å². The Balaban J connectivity index is 1.75. The van der Waals surface area contributed by atoms with Crippen molar-refractivity contribution in [3.63, 3.8) is 0 Å². The molecule has 1 amide bonds. The molecule has 1 aliphatic rings. The van der Waals surface area contributed by atoms with E-state index in [1.165, 1.54) is 29.7 Å². The van der Waals surface area contributed by atoms with E-state index in [0.717, 1.165) is 23.3 Å². The van der Waals surface area contributed by atoms with Crippen molar-refractivity contribution in [3.05, 3.63) is 51.2 Å². The molecule has 116 valence electrons. The minimum Gasteiger partial charge on any atom is -0.508 e. The zero-order valence-corrected chi connectivity index (χ0v) is 13.7. The van der Waals surface area contributed by atoms with E-state index < -0.39 is 0 Å². The second kappa shape index (κ2) is 6.53. The van der Waals surface area contributed by atoms with Gasteiger partial charge in [-0.3, -0.25) is 4.79 Å². The van der Waals surface area contributed by atoms with Crippen molar-refractivity contribution in [2.75, 3.05) is 7.05 Å². The molecule has 1 aromatic carbocycles. The summed E-state index contributed by atoms with van der Waals surface area (Å²) in [7, 11) is 1.79. The highest BCUT2D eigenvalue weighted by atomic mass is 32.1. The molecule has 4 heteroatoms. The summed E-state index contributed by atoms with van der Waals surface area (Å²) in [6.07, 6.45) is 5.95. The molecule has 1 N–H and O–H groups in total. The van der Waals surface area contributed by atoms with Gasteiger partial charge in [0.15, 0.2) is 0 Å². The molecule has 0 bridgehead atoms. The van der Waals surface area contributed by atoms with Gasteiger partial charge < -0.3 is 10.0 Å². The highest BCUT2D eigenvalue weighted by molar-refractivity contribution is 7.14. The molecule has 0 atom stereocenters. The topological polar surface area (TPSA) is 40.5 Å². The minimum absolute atomic E-state index is 0.0429. The van der Waals surface area contributed by atoms with E-state index in [0.29, 0.717) is 6.54 Å². The number of phenols is 1. The van der Waals surface area contributed by atoms with Gasteiger partial charge in [0.25, 0.3) is 5.91 Å². The Morgan fingerprint density at radius 2 is 2.00 bits per heavy atom. The molecule has 1 aliphatic carbocycles. The fraction of sp³-hybridized carbons (Fsp3) is 0.389. The number of rotatable bonds is 3. The first-order valence-electron chi connectivity index (χ1n) is 7.79. The molecule has 1 aromatic heterocycles. The van der Waals surface area contributed by atoms with E-state index in [1.807, 2.05) is 12.1 Å². The zero-order valence-electron chi connectivity index (χ0n) is 12.8. The van der Waals surface area contributed by atoms with Crippen molar-refractivity contribution in [2.24, 2.45) is 0 Å². The normalized spacial score (nSPS) is 14.2. The van der Waals surface area contributed by atoms with Gasteiger partial charge in [0.2, 0.25) is 0 Å². The Hall–Kier alpha value is -1.81. The summed E-state index contributed by atoms with van der Waals surface area (Å²) in [6.45, 7) is 0.425. The number of benzene rings is 1. The quantitative estimate of drug-likeness (QED) is 0.870. The lowest BCUT2D eigenvalue weighted by atomic mass is 10.1. The van der Waals surface area contributed by atoms with Crippen molar-refractivity contribution in [1.82, 2.24) is 4.90 Å². The predicted molar refractivity (Wildman–Crippen MR) is 89.5 cm³/mol. The molecule has 0 fully saturated rings. The van der Waals surface area contributed by atoms with Gasteiger partial charge in [-0.2, -0.15) is 0 Å². The predicted octanol–water partition coefficient (Wildman–Crippen LogP) is 3.99. The third-order valence-electron chi connectivity index (χ3n) is 4.20. The number of hydrogen-bond donors (Lipinski definition) is 1. The Kier molecular flexibility index (Phi) is 4.48. The lowest BCUT2D eigenvalue weighted by Crippen LogP contribution is -2.25. The van der Waals surface area contributed by atoms with Crippen LogP contribution in [0.4, 0.5) is 0 Å². The number of thiophene rings is 1. The minimum atomic E-state index is 0.0429. The van der Waals surface area contributed by atoms with Crippen LogP contribution in [0.2, 0.25) is 0 Å². The van der Waals surface area contributed by atoms with Gasteiger partial charge in [-0.15, -0.1) is 11.3 Å². The third-order valence-corrected chi connectivity index (χ3v) is 5.43. The van der Waals surface area contributed by atoms with Gasteiger partial charge in [0.1, 0.15) is 5.75 Å². The maximum atomic E-state index is 12.6. The summed E-state index contributed by atoms with van der Waals surface area (Å²) < 4.78 is 0. The molecule has 3 rings (SSSR count). The molecule has 2 aromatic rings. The number of carbonyl (C=O) groups is 1. The molecule has 0 spiro atoms. The van der Waals surface area contributed by atoms with Crippen molar-refractivity contribution in [2.45, 2.75) is 38.6 Å². The number of fused-ring (bicyclic) bond motifs is 1. The van der Waals surface area contributed by atoms with Crippen molar-refractivity contribution in [3.8, 4) is 5.75 Å². The lowest BCUT2D eigenvalue weighted by molar-refractivity contribution is 0.0789. The first kappa shape index (κ1) is 15.1. The third kappa shape index (κ3) is 3.17. The Bertz CT molecular complexity index is 654. The lowest BCUT2D eigenvalue weighted by Gasteiger charge is -2.17. The first-order chi connectivity index (χ1) is 10.6. The number of hydrogen-bond acceptors (Lipinski definition) is 3. The summed E-state index contributed by atoms with van der Waals surface area (Å²) in [5.74, 6) is 0.283. The van der Waals surface area contributed by atoms with Crippen LogP contribution in [0.3, 0.4) is 0 Å². The summed E-state index contributed by atoms with van der Waals surface area (Å²) in [5.41, 5.74) is 2.14. The number of amides is 1. The summed E-state index contributed by atoms with van der Waals surface area (Å²) in [6, 6.07) is 9.25. The molecule has 0 aliphatic heterocycles. The highest BCUT2D eigenvalue weighted by Gasteiger charge is 2.19. The van der Waals surface area contributed by atoms with Crippen LogP contribution in [-0.2, 0) is 19.4 Å². The Labute approximate surface area is 135 Å². The molecule has 0 radical (unpaired) electrons. The number of aromatic hydroxyl groups is 1. The smallest absolute Gasteiger partial charge is 0.263 e. The average molecular weight is 315 g/mol. The fourth-order valence-corrected chi connectivity index (χ4v) is 4.18. The van der Waals surface area contributed by atoms with Crippen LogP contribution in [0, 0.1) is 0 Å². The van der Waals surface area contributed by atoms with Crippen LogP contribution in [-0.4, -0.2) is 23.0 Å². The molecule has 1 heterocycles. The van der Waals surface area contributed by atoms with Gasteiger partial charge >= 0.3 is 0 Å². The van der Waals surface area contributed by atoms with Crippen LogP contribution in [0.1, 0.15) is 44.9 Å². The van der Waals surface area contributed by atoms with E-state index in [2.05, 4.69) is 6.07 Å². The van der Waals surface area contributed by atoms with E-state index >= 15 is 0 Å². The van der Waals surface area contributed by atoms with Gasteiger partial charge in [0.05, 0.1) is 4.88 Å². The van der Waals surface area contributed by atoms with E-state index in [-0.39, 0.29) is 11.7 Å². The van der Waals surface area contributed by atoms with Gasteiger partial charge in [-0.1, -0.05) is 24.6 Å². The van der Waals surface area contributed by atoms with Gasteiger partial charge in [0, 0.05) is 24.0 Å². The summed E-state index contributed by atoms with van der Waals surface area (Å²) in [5, 5.41) is 9.84. The second-order valence-corrected chi connectivity index (χ2v) is 7.05. The molecule has 0 saturated heterocycles. The summed E-state index contributed by atoms with van der Waals surface area (Å²) in [4.78, 5) is 16.5. The molecular weight excluding hydrogens is 294 g/mol. The van der Waals surface area contributed by atoms with Crippen molar-refractivity contribution >= 4 is 17.2 Å². The fourth-order valence-electron chi connectivity index (χ4n) is 2.93. The monoisotopic (exact) mass is 315 g/mol. The SMILES string of the molecule is CN(Cc1ccccc1O)C(=O)c1cc2c(s1)CCCCC2. The van der Waals surface area contributed by atoms with Crippen LogP contribution < -0.4 is 0 Å². The Morgan fingerprint density at radius 3 is 2.82 bits per heavy atom. The zero-order chi connectivity index (χ0) is 15.5. The molecule has 22 heavy (non-hydrogen) atoms. The average Bonchev–Trinajstić information content (AvgIpc) is 2.79. The standard InChI is InChI=1S/C18H21NO2S/c1-19(12-14-8-5-6-9-15(14)20)18(21)17-11-13-7-3-2-4-10-16(13)22-17/h5-6,8-9,11,20H,2-4,7,10,12H2,1H3. The molecule has 0 unspecified atom stereocenters. The van der Waals surface area contributed by atoms with E-state index in [4.69, 9.17) is 0 Å². The summed E-state index contributed by atoms with van der Waals surface area (Å²) >= 11 is 1.65. The van der Waals surface area contributed by atoms with Gasteiger partial charge in [-0.05, 0) is 43.4 Å². The number of aryl methyl sites for hydroxylation is 2. The number of nitrogens with zero attached hydrogens (tertiary/aromatic N) is 1. The van der Waals surface area contributed by atoms with Crippen molar-refractivity contribution in [1.29, 1.82) is 0 Å². The number of para-hydroxylation sites is 1. The molecule has 0 saturated carbocycles. The van der Waals surface area contributed by atoms with Crippen molar-refractivity contribution < 1.29 is 9.90 Å². The second-order valence-electron chi connectivity index (χ2n) is 5.91. The maximum Gasteiger partial charge on any atom is 0.263 e.